The molecule has 0 bridgehead atoms. The molecule has 0 aliphatic heterocycles. The van der Waals surface area contributed by atoms with Gasteiger partial charge in [0.25, 0.3) is 0 Å². The molecule has 2 heterocycles. The van der Waals surface area contributed by atoms with Gasteiger partial charge in [-0.15, -0.1) is 5.10 Å². The average Bonchev–Trinajstić information content (AvgIpc) is 2.97. The zero-order valence-corrected chi connectivity index (χ0v) is 19.4. The van der Waals surface area contributed by atoms with Crippen LogP contribution in [0.3, 0.4) is 0 Å². The molecule has 31 heavy (non-hydrogen) atoms. The molecule has 0 aliphatic rings. The van der Waals surface area contributed by atoms with Crippen molar-refractivity contribution < 1.29 is 12.8 Å². The third-order valence-electron chi connectivity index (χ3n) is 5.11. The molecular weight excluding hydrogens is 441 g/mol. The number of hydrogen-bond acceptors (Lipinski definition) is 5. The Morgan fingerprint density at radius 2 is 1.90 bits per heavy atom. The van der Waals surface area contributed by atoms with Crippen LogP contribution in [0.1, 0.15) is 22.5 Å². The van der Waals surface area contributed by atoms with Crippen molar-refractivity contribution in [2.24, 2.45) is 0 Å². The van der Waals surface area contributed by atoms with E-state index in [1.165, 1.54) is 24.5 Å². The molecule has 1 N–H and O–H groups in total. The van der Waals surface area contributed by atoms with Gasteiger partial charge in [0, 0.05) is 38.3 Å². The quantitative estimate of drug-likeness (QED) is 0.515. The molecule has 1 aromatic carbocycles. The summed E-state index contributed by atoms with van der Waals surface area (Å²) >= 11 is 5.42. The maximum Gasteiger partial charge on any atom is 0.242 e. The first-order valence-corrected chi connectivity index (χ1v) is 11.5. The molecular formula is C21H25ClFN5O2S. The Bertz CT molecular complexity index is 1220. The fourth-order valence-corrected chi connectivity index (χ4v) is 4.36. The monoisotopic (exact) mass is 465 g/mol. The molecule has 0 fully saturated rings. The van der Waals surface area contributed by atoms with Crippen molar-refractivity contribution in [3.8, 4) is 0 Å². The number of halogens is 2. The molecule has 0 unspecified atom stereocenters. The molecule has 0 saturated heterocycles. The Kier molecular flexibility index (Phi) is 7.10. The van der Waals surface area contributed by atoms with Crippen molar-refractivity contribution in [1.82, 2.24) is 23.9 Å². The van der Waals surface area contributed by atoms with Crippen LogP contribution < -0.4 is 4.84 Å². The fourth-order valence-electron chi connectivity index (χ4n) is 3.39. The summed E-state index contributed by atoms with van der Waals surface area (Å²) < 4.78 is 42.0. The molecule has 0 amide bonds. The lowest BCUT2D eigenvalue weighted by Gasteiger charge is -2.12. The third kappa shape index (κ3) is 4.95. The standard InChI is InChI=1S/C21H25ClFN5O2S/c1-14-11-20-21(26-25-14)19(15(2)28(20)13-17(23)9-10-24-22)12-16-5-7-18(8-6-16)31(29,30)27(3)4/h5-9,11,24H,10,12-13H2,1-4H3/b17-9-. The maximum absolute atomic E-state index is 14.4. The van der Waals surface area contributed by atoms with Crippen molar-refractivity contribution in [2.75, 3.05) is 20.6 Å². The summed E-state index contributed by atoms with van der Waals surface area (Å²) in [6.07, 6.45) is 1.91. The molecule has 3 aromatic rings. The Morgan fingerprint density at radius 3 is 2.52 bits per heavy atom. The highest BCUT2D eigenvalue weighted by molar-refractivity contribution is 7.89. The Labute approximate surface area is 186 Å². The summed E-state index contributed by atoms with van der Waals surface area (Å²) in [6, 6.07) is 8.65. The fraction of sp³-hybridized carbons (Fsp3) is 0.333. The minimum Gasteiger partial charge on any atom is -0.336 e. The second kappa shape index (κ2) is 9.44. The molecule has 3 rings (SSSR count). The number of sulfonamides is 1. The summed E-state index contributed by atoms with van der Waals surface area (Å²) in [5.41, 5.74) is 4.97. The van der Waals surface area contributed by atoms with Gasteiger partial charge in [-0.1, -0.05) is 12.1 Å². The van der Waals surface area contributed by atoms with E-state index < -0.39 is 10.0 Å². The van der Waals surface area contributed by atoms with Crippen LogP contribution >= 0.6 is 11.8 Å². The van der Waals surface area contributed by atoms with Crippen LogP contribution in [0.15, 0.2) is 47.1 Å². The first-order chi connectivity index (χ1) is 14.6. The van der Waals surface area contributed by atoms with Crippen molar-refractivity contribution in [3.05, 3.63) is 64.7 Å². The molecule has 2 aromatic heterocycles. The highest BCUT2D eigenvalue weighted by atomic mass is 35.5. The molecule has 0 spiro atoms. The van der Waals surface area contributed by atoms with Gasteiger partial charge in [0.2, 0.25) is 10.0 Å². The summed E-state index contributed by atoms with van der Waals surface area (Å²) in [7, 11) is -0.489. The van der Waals surface area contributed by atoms with Gasteiger partial charge in [0.15, 0.2) is 0 Å². The van der Waals surface area contributed by atoms with Gasteiger partial charge < -0.3 is 4.57 Å². The first-order valence-electron chi connectivity index (χ1n) is 9.66. The topological polar surface area (TPSA) is 80.1 Å². The summed E-state index contributed by atoms with van der Waals surface area (Å²) in [5.74, 6) is -0.313. The lowest BCUT2D eigenvalue weighted by atomic mass is 10.0. The normalized spacial score (nSPS) is 12.8. The van der Waals surface area contributed by atoms with Gasteiger partial charge in [0.1, 0.15) is 11.3 Å². The maximum atomic E-state index is 14.4. The summed E-state index contributed by atoms with van der Waals surface area (Å²) in [4.78, 5) is 2.62. The van der Waals surface area contributed by atoms with Crippen LogP contribution in [0.2, 0.25) is 0 Å². The number of hydrogen-bond donors (Lipinski definition) is 1. The second-order valence-corrected chi connectivity index (χ2v) is 9.89. The smallest absolute Gasteiger partial charge is 0.242 e. The van der Waals surface area contributed by atoms with Crippen LogP contribution in [0.25, 0.3) is 11.0 Å². The van der Waals surface area contributed by atoms with E-state index in [-0.39, 0.29) is 23.8 Å². The Balaban J connectivity index is 2.00. The van der Waals surface area contributed by atoms with Gasteiger partial charge in [-0.05, 0) is 55.5 Å². The van der Waals surface area contributed by atoms with E-state index in [9.17, 15) is 12.8 Å². The minimum atomic E-state index is -3.49. The predicted octanol–water partition coefficient (Wildman–Crippen LogP) is 3.49. The van der Waals surface area contributed by atoms with Gasteiger partial charge in [-0.25, -0.2) is 21.9 Å². The molecule has 7 nitrogen and oxygen atoms in total. The number of aromatic nitrogens is 3. The molecule has 0 aliphatic carbocycles. The Hall–Kier alpha value is -2.33. The number of benzene rings is 1. The SMILES string of the molecule is Cc1cc2c(nn1)c(Cc1ccc(S(=O)(=O)N(C)C)cc1)c(C)n2C/C(F)=C/CNCl. The van der Waals surface area contributed by atoms with E-state index in [0.717, 1.165) is 28.0 Å². The van der Waals surface area contributed by atoms with E-state index in [1.807, 2.05) is 24.5 Å². The van der Waals surface area contributed by atoms with Gasteiger partial charge in [-0.3, -0.25) is 0 Å². The van der Waals surface area contributed by atoms with Gasteiger partial charge in [-0.2, -0.15) is 5.10 Å². The molecule has 10 heteroatoms. The van der Waals surface area contributed by atoms with Crippen LogP contribution in [0.4, 0.5) is 4.39 Å². The van der Waals surface area contributed by atoms with Crippen molar-refractivity contribution in [3.63, 3.8) is 0 Å². The van der Waals surface area contributed by atoms with Crippen LogP contribution in [-0.4, -0.2) is 48.1 Å². The van der Waals surface area contributed by atoms with E-state index in [2.05, 4.69) is 15.0 Å². The highest BCUT2D eigenvalue weighted by Gasteiger charge is 2.19. The third-order valence-corrected chi connectivity index (χ3v) is 7.09. The van der Waals surface area contributed by atoms with E-state index in [4.69, 9.17) is 11.8 Å². The van der Waals surface area contributed by atoms with Crippen LogP contribution in [0, 0.1) is 13.8 Å². The molecule has 0 atom stereocenters. The predicted molar refractivity (Wildman–Crippen MR) is 120 cm³/mol. The molecule has 166 valence electrons. The van der Waals surface area contributed by atoms with Gasteiger partial charge >= 0.3 is 0 Å². The van der Waals surface area contributed by atoms with Crippen molar-refractivity contribution in [1.29, 1.82) is 0 Å². The lowest BCUT2D eigenvalue weighted by Crippen LogP contribution is -2.22. The largest absolute Gasteiger partial charge is 0.336 e. The summed E-state index contributed by atoms with van der Waals surface area (Å²) in [5, 5.41) is 8.53. The second-order valence-electron chi connectivity index (χ2n) is 7.47. The summed E-state index contributed by atoms with van der Waals surface area (Å²) in [6.45, 7) is 4.04. The molecule has 0 radical (unpaired) electrons. The van der Waals surface area contributed by atoms with Crippen LogP contribution in [0.5, 0.6) is 0 Å². The molecule has 0 saturated carbocycles. The van der Waals surface area contributed by atoms with E-state index >= 15 is 0 Å². The first kappa shape index (κ1) is 23.3. The van der Waals surface area contributed by atoms with E-state index in [1.54, 1.807) is 24.3 Å². The zero-order valence-electron chi connectivity index (χ0n) is 17.9. The number of rotatable bonds is 8. The van der Waals surface area contributed by atoms with Crippen LogP contribution in [-0.2, 0) is 23.0 Å². The zero-order chi connectivity index (χ0) is 22.8. The number of allylic oxidation sites excluding steroid dienone is 1. The Morgan fingerprint density at radius 1 is 1.23 bits per heavy atom. The van der Waals surface area contributed by atoms with Crippen molar-refractivity contribution in [2.45, 2.75) is 31.7 Å². The lowest BCUT2D eigenvalue weighted by molar-refractivity contribution is 0.520. The highest BCUT2D eigenvalue weighted by Crippen LogP contribution is 2.28. The number of fused-ring (bicyclic) bond motifs is 1. The number of nitrogens with zero attached hydrogens (tertiary/aromatic N) is 4. The van der Waals surface area contributed by atoms with Gasteiger partial charge in [0.05, 0.1) is 22.7 Å². The number of nitrogens with one attached hydrogen (secondary N) is 1. The van der Waals surface area contributed by atoms with Crippen molar-refractivity contribution >= 4 is 32.8 Å². The van der Waals surface area contributed by atoms with E-state index in [0.29, 0.717) is 11.9 Å². The number of aryl methyl sites for hydroxylation is 1. The average molecular weight is 466 g/mol. The minimum absolute atomic E-state index is 0.0616.